The van der Waals surface area contributed by atoms with Gasteiger partial charge in [-0.25, -0.2) is 0 Å². The molecule has 0 amide bonds. The predicted octanol–water partition coefficient (Wildman–Crippen LogP) is 2.41. The number of Topliss-reactive ketones (excluding diaryl/α,β-unsaturated/α-hetero) is 1. The summed E-state index contributed by atoms with van der Waals surface area (Å²) in [4.78, 5) is 37.8. The minimum Gasteiger partial charge on any atom is -0.302 e. The number of aromatic nitrogens is 2. The first-order valence-electron chi connectivity index (χ1n) is 7.17. The number of nitrogens with zero attached hydrogens (tertiary/aromatic N) is 1. The lowest BCUT2D eigenvalue weighted by molar-refractivity contribution is 0.0984. The summed E-state index contributed by atoms with van der Waals surface area (Å²) < 4.78 is 1.38. The molecule has 114 valence electrons. The largest absolute Gasteiger partial charge is 0.302 e. The van der Waals surface area contributed by atoms with Crippen molar-refractivity contribution in [2.75, 3.05) is 5.75 Å². The average molecular weight is 316 g/mol. The minimum absolute atomic E-state index is 0.0703. The van der Waals surface area contributed by atoms with Crippen LogP contribution in [0, 0.1) is 6.92 Å². The highest BCUT2D eigenvalue weighted by molar-refractivity contribution is 7.99. The highest BCUT2D eigenvalue weighted by atomic mass is 32.2. The van der Waals surface area contributed by atoms with Crippen LogP contribution in [0.1, 0.15) is 45.2 Å². The van der Waals surface area contributed by atoms with E-state index in [1.807, 2.05) is 13.0 Å². The van der Waals surface area contributed by atoms with Crippen LogP contribution in [0.15, 0.2) is 28.0 Å². The lowest BCUT2D eigenvalue weighted by Crippen LogP contribution is -2.22. The van der Waals surface area contributed by atoms with E-state index >= 15 is 0 Å². The molecule has 1 aromatic heterocycles. The van der Waals surface area contributed by atoms with Crippen molar-refractivity contribution in [1.82, 2.24) is 9.78 Å². The maximum Gasteiger partial charge on any atom is 0.277 e. The van der Waals surface area contributed by atoms with Gasteiger partial charge < -0.3 is 5.10 Å². The zero-order valence-electron chi connectivity index (χ0n) is 12.4. The van der Waals surface area contributed by atoms with Gasteiger partial charge >= 0.3 is 0 Å². The normalized spacial score (nSPS) is 14.0. The van der Waals surface area contributed by atoms with Crippen LogP contribution in [0.4, 0.5) is 0 Å². The Morgan fingerprint density at radius 1 is 1.32 bits per heavy atom. The van der Waals surface area contributed by atoms with Crippen molar-refractivity contribution in [3.05, 3.63) is 50.9 Å². The minimum atomic E-state index is -0.336. The molecule has 0 saturated carbocycles. The van der Waals surface area contributed by atoms with Crippen molar-refractivity contribution in [3.8, 4) is 0 Å². The van der Waals surface area contributed by atoms with Crippen molar-refractivity contribution in [2.24, 2.45) is 0 Å². The number of rotatable bonds is 3. The van der Waals surface area contributed by atoms with Gasteiger partial charge in [-0.2, -0.15) is 0 Å². The Bertz CT molecular complexity index is 832. The molecule has 3 rings (SSSR count). The van der Waals surface area contributed by atoms with E-state index in [-0.39, 0.29) is 22.7 Å². The van der Waals surface area contributed by atoms with Gasteiger partial charge in [0.1, 0.15) is 5.56 Å². The molecule has 0 fully saturated rings. The molecule has 1 aromatic carbocycles. The molecule has 0 radical (unpaired) electrons. The SMILES string of the molecule is CCn1[nH]cc(C(=O)c2ccc3c(c2C)C(=O)CCS3)c1=O. The summed E-state index contributed by atoms with van der Waals surface area (Å²) in [5.74, 6) is 0.510. The second-order valence-electron chi connectivity index (χ2n) is 5.20. The summed E-state index contributed by atoms with van der Waals surface area (Å²) in [5.41, 5.74) is 1.51. The first kappa shape index (κ1) is 14.8. The van der Waals surface area contributed by atoms with Crippen LogP contribution in [0.2, 0.25) is 0 Å². The molecule has 0 bridgehead atoms. The van der Waals surface area contributed by atoms with Gasteiger partial charge in [-0.15, -0.1) is 11.8 Å². The van der Waals surface area contributed by atoms with Crippen LogP contribution >= 0.6 is 11.8 Å². The Hall–Kier alpha value is -2.08. The highest BCUT2D eigenvalue weighted by Crippen LogP contribution is 2.33. The molecular formula is C16H16N2O3S. The van der Waals surface area contributed by atoms with Gasteiger partial charge in [-0.05, 0) is 31.5 Å². The highest BCUT2D eigenvalue weighted by Gasteiger charge is 2.25. The lowest BCUT2D eigenvalue weighted by atomic mass is 9.94. The number of benzene rings is 1. The summed E-state index contributed by atoms with van der Waals surface area (Å²) >= 11 is 1.63. The van der Waals surface area contributed by atoms with Gasteiger partial charge in [0, 0.05) is 40.9 Å². The summed E-state index contributed by atoms with van der Waals surface area (Å²) in [7, 11) is 0. The number of fused-ring (bicyclic) bond motifs is 1. The van der Waals surface area contributed by atoms with E-state index in [0.29, 0.717) is 29.7 Å². The van der Waals surface area contributed by atoms with Crippen LogP contribution in [0.3, 0.4) is 0 Å². The number of hydrogen-bond acceptors (Lipinski definition) is 4. The summed E-state index contributed by atoms with van der Waals surface area (Å²) in [6.07, 6.45) is 1.92. The number of thioether (sulfide) groups is 1. The van der Waals surface area contributed by atoms with Crippen molar-refractivity contribution < 1.29 is 9.59 Å². The number of hydrogen-bond donors (Lipinski definition) is 1. The fraction of sp³-hybridized carbons (Fsp3) is 0.312. The smallest absolute Gasteiger partial charge is 0.277 e. The monoisotopic (exact) mass is 316 g/mol. The van der Waals surface area contributed by atoms with E-state index in [4.69, 9.17) is 0 Å². The number of aryl methyl sites for hydroxylation is 1. The van der Waals surface area contributed by atoms with Crippen LogP contribution in [-0.4, -0.2) is 27.1 Å². The Balaban J connectivity index is 2.11. The molecule has 2 aromatic rings. The number of ketones is 2. The number of H-pyrrole nitrogens is 1. The van der Waals surface area contributed by atoms with Gasteiger partial charge in [0.2, 0.25) is 0 Å². The third kappa shape index (κ3) is 2.23. The molecular weight excluding hydrogens is 300 g/mol. The van der Waals surface area contributed by atoms with Crippen molar-refractivity contribution in [1.29, 1.82) is 0 Å². The van der Waals surface area contributed by atoms with E-state index in [0.717, 1.165) is 10.6 Å². The van der Waals surface area contributed by atoms with Gasteiger partial charge in [-0.3, -0.25) is 19.1 Å². The first-order chi connectivity index (χ1) is 10.5. The van der Waals surface area contributed by atoms with Crippen LogP contribution in [0.25, 0.3) is 0 Å². The van der Waals surface area contributed by atoms with E-state index in [1.165, 1.54) is 10.9 Å². The van der Waals surface area contributed by atoms with Crippen LogP contribution < -0.4 is 5.56 Å². The van der Waals surface area contributed by atoms with E-state index in [9.17, 15) is 14.4 Å². The number of carbonyl (C=O) groups excluding carboxylic acids is 2. The van der Waals surface area contributed by atoms with Crippen LogP contribution in [-0.2, 0) is 6.54 Å². The molecule has 1 N–H and O–H groups in total. The number of aromatic amines is 1. The Labute approximate surface area is 131 Å². The third-order valence-electron chi connectivity index (χ3n) is 3.94. The zero-order valence-corrected chi connectivity index (χ0v) is 13.3. The second kappa shape index (κ2) is 5.61. The molecule has 0 spiro atoms. The lowest BCUT2D eigenvalue weighted by Gasteiger charge is -2.18. The number of nitrogens with one attached hydrogen (secondary N) is 1. The van der Waals surface area contributed by atoms with Gasteiger partial charge in [-0.1, -0.05) is 0 Å². The van der Waals surface area contributed by atoms with Crippen molar-refractivity contribution >= 4 is 23.3 Å². The van der Waals surface area contributed by atoms with Crippen molar-refractivity contribution in [3.63, 3.8) is 0 Å². The van der Waals surface area contributed by atoms with Crippen LogP contribution in [0.5, 0.6) is 0 Å². The zero-order chi connectivity index (χ0) is 15.9. The third-order valence-corrected chi connectivity index (χ3v) is 5.00. The summed E-state index contributed by atoms with van der Waals surface area (Å²) in [6, 6.07) is 3.52. The quantitative estimate of drug-likeness (QED) is 0.883. The van der Waals surface area contributed by atoms with E-state index in [2.05, 4.69) is 5.10 Å². The molecule has 1 aliphatic rings. The molecule has 5 nitrogen and oxygen atoms in total. The topological polar surface area (TPSA) is 71.9 Å². The molecule has 0 saturated heterocycles. The number of carbonyl (C=O) groups is 2. The Kier molecular flexibility index (Phi) is 3.78. The fourth-order valence-electron chi connectivity index (χ4n) is 2.73. The standard InChI is InChI=1S/C16H16N2O3S/c1-3-18-16(21)11(8-17-18)15(20)10-4-5-13-14(9(10)2)12(19)6-7-22-13/h4-5,8,17H,3,6-7H2,1-2H3. The van der Waals surface area contributed by atoms with Gasteiger partial charge in [0.05, 0.1) is 0 Å². The fourth-order valence-corrected chi connectivity index (χ4v) is 3.81. The summed E-state index contributed by atoms with van der Waals surface area (Å²) in [5, 5.41) is 2.78. The maximum absolute atomic E-state index is 12.7. The average Bonchev–Trinajstić information content (AvgIpc) is 2.88. The maximum atomic E-state index is 12.7. The van der Waals surface area contributed by atoms with Gasteiger partial charge in [0.25, 0.3) is 5.56 Å². The molecule has 0 atom stereocenters. The predicted molar refractivity (Wildman–Crippen MR) is 85.0 cm³/mol. The van der Waals surface area contributed by atoms with E-state index in [1.54, 1.807) is 24.8 Å². The molecule has 1 aliphatic heterocycles. The second-order valence-corrected chi connectivity index (χ2v) is 6.34. The molecule has 0 unspecified atom stereocenters. The van der Waals surface area contributed by atoms with E-state index < -0.39 is 0 Å². The molecule has 22 heavy (non-hydrogen) atoms. The van der Waals surface area contributed by atoms with Crippen molar-refractivity contribution in [2.45, 2.75) is 31.7 Å². The molecule has 6 heteroatoms. The van der Waals surface area contributed by atoms with Gasteiger partial charge in [0.15, 0.2) is 11.6 Å². The molecule has 0 aliphatic carbocycles. The Morgan fingerprint density at radius 2 is 2.09 bits per heavy atom. The summed E-state index contributed by atoms with van der Waals surface area (Å²) in [6.45, 7) is 4.08. The molecule has 2 heterocycles. The first-order valence-corrected chi connectivity index (χ1v) is 8.15. The Morgan fingerprint density at radius 3 is 2.77 bits per heavy atom.